The first-order chi connectivity index (χ1) is 13.9. The highest BCUT2D eigenvalue weighted by Gasteiger charge is 2.37. The van der Waals surface area contributed by atoms with E-state index < -0.39 is 5.54 Å². The highest BCUT2D eigenvalue weighted by Crippen LogP contribution is 2.32. The summed E-state index contributed by atoms with van der Waals surface area (Å²) in [5.41, 5.74) is 6.37. The molecule has 3 heterocycles. The lowest BCUT2D eigenvalue weighted by atomic mass is 9.91. The minimum absolute atomic E-state index is 0.139. The molecule has 29 heavy (non-hydrogen) atoms. The zero-order valence-electron chi connectivity index (χ0n) is 16.1. The van der Waals surface area contributed by atoms with Gasteiger partial charge in [0.2, 0.25) is 5.91 Å². The number of carbonyl (C=O) groups excluding carboxylic acids is 2. The van der Waals surface area contributed by atoms with Crippen LogP contribution in [0.25, 0.3) is 10.8 Å². The predicted octanol–water partition coefficient (Wildman–Crippen LogP) is 2.27. The van der Waals surface area contributed by atoms with Crippen LogP contribution in [0.5, 0.6) is 0 Å². The molecule has 0 bridgehead atoms. The van der Waals surface area contributed by atoms with E-state index in [-0.39, 0.29) is 24.2 Å². The predicted molar refractivity (Wildman–Crippen MR) is 110 cm³/mol. The maximum absolute atomic E-state index is 12.7. The van der Waals surface area contributed by atoms with E-state index in [4.69, 9.17) is 5.73 Å². The summed E-state index contributed by atoms with van der Waals surface area (Å²) in [5, 5.41) is 4.73. The molecule has 0 saturated carbocycles. The summed E-state index contributed by atoms with van der Waals surface area (Å²) in [7, 11) is 1.58. The maximum atomic E-state index is 12.7. The molecule has 3 N–H and O–H groups in total. The Morgan fingerprint density at radius 3 is 2.69 bits per heavy atom. The van der Waals surface area contributed by atoms with Crippen LogP contribution >= 0.6 is 0 Å². The lowest BCUT2D eigenvalue weighted by Gasteiger charge is -2.32. The molecule has 1 aliphatic heterocycles. The fraction of sp³-hybridized carbons (Fsp3) is 0.190. The van der Waals surface area contributed by atoms with Crippen LogP contribution in [0.1, 0.15) is 29.5 Å². The molecule has 0 radical (unpaired) electrons. The summed E-state index contributed by atoms with van der Waals surface area (Å²) in [6.45, 7) is 1.80. The molecule has 8 heteroatoms. The molecule has 2 aromatic heterocycles. The van der Waals surface area contributed by atoms with Crippen molar-refractivity contribution in [2.24, 2.45) is 10.7 Å². The summed E-state index contributed by atoms with van der Waals surface area (Å²) in [4.78, 5) is 39.2. The second kappa shape index (κ2) is 6.97. The molecule has 8 nitrogen and oxygen atoms in total. The van der Waals surface area contributed by atoms with Crippen LogP contribution < -0.4 is 11.1 Å². The van der Waals surface area contributed by atoms with Gasteiger partial charge in [0.1, 0.15) is 11.2 Å². The lowest BCUT2D eigenvalue weighted by Crippen LogP contribution is -2.47. The van der Waals surface area contributed by atoms with Gasteiger partial charge >= 0.3 is 0 Å². The summed E-state index contributed by atoms with van der Waals surface area (Å²) < 4.78 is 0. The molecule has 146 valence electrons. The van der Waals surface area contributed by atoms with E-state index in [1.54, 1.807) is 44.6 Å². The second-order valence-electron chi connectivity index (χ2n) is 7.17. The fourth-order valence-electron chi connectivity index (χ4n) is 3.26. The normalized spacial score (nSPS) is 19.2. The van der Waals surface area contributed by atoms with Crippen molar-refractivity contribution in [3.63, 3.8) is 0 Å². The molecule has 4 rings (SSSR count). The van der Waals surface area contributed by atoms with Gasteiger partial charge in [0.15, 0.2) is 5.96 Å². The Morgan fingerprint density at radius 1 is 1.17 bits per heavy atom. The molecule has 1 aromatic carbocycles. The zero-order valence-corrected chi connectivity index (χ0v) is 16.1. The SMILES string of the molecule is CN1C(=O)CC(C)(c2cc(NC(=O)c3cc4ccccc4cn3)ccn2)N=C1N. The molecule has 1 unspecified atom stereocenters. The van der Waals surface area contributed by atoms with Gasteiger partial charge in [-0.3, -0.25) is 24.5 Å². The Labute approximate surface area is 167 Å². The molecule has 0 fully saturated rings. The van der Waals surface area contributed by atoms with Crippen LogP contribution in [-0.4, -0.2) is 39.7 Å². The smallest absolute Gasteiger partial charge is 0.274 e. The van der Waals surface area contributed by atoms with E-state index in [9.17, 15) is 9.59 Å². The van der Waals surface area contributed by atoms with Crippen LogP contribution in [0.15, 0.2) is 59.9 Å². The Bertz CT molecular complexity index is 1160. The lowest BCUT2D eigenvalue weighted by molar-refractivity contribution is -0.128. The minimum atomic E-state index is -0.893. The number of aromatic nitrogens is 2. The Morgan fingerprint density at radius 2 is 1.93 bits per heavy atom. The van der Waals surface area contributed by atoms with E-state index in [1.165, 1.54) is 4.90 Å². The number of pyridine rings is 2. The standard InChI is InChI=1S/C21H20N6O2/c1-21(11-18(28)27(2)20(22)26-21)17-10-15(7-8-23-17)25-19(29)16-9-13-5-3-4-6-14(13)12-24-16/h3-10,12H,11H2,1-2H3,(H2,22,26)(H,23,25,29). The van der Waals surface area contributed by atoms with Gasteiger partial charge in [-0.15, -0.1) is 0 Å². The number of nitrogens with two attached hydrogens (primary N) is 1. The molecular formula is C21H20N6O2. The molecule has 1 aliphatic rings. The highest BCUT2D eigenvalue weighted by molar-refractivity contribution is 6.04. The third-order valence-corrected chi connectivity index (χ3v) is 5.01. The Kier molecular flexibility index (Phi) is 4.46. The molecular weight excluding hydrogens is 368 g/mol. The number of guanidine groups is 1. The van der Waals surface area contributed by atoms with Gasteiger partial charge in [-0.2, -0.15) is 0 Å². The average Bonchev–Trinajstić information content (AvgIpc) is 2.72. The number of hydrogen-bond acceptors (Lipinski definition) is 6. The van der Waals surface area contributed by atoms with E-state index in [0.29, 0.717) is 17.1 Å². The number of nitrogens with one attached hydrogen (secondary N) is 1. The first-order valence-corrected chi connectivity index (χ1v) is 9.10. The van der Waals surface area contributed by atoms with Crippen LogP contribution in [0.2, 0.25) is 0 Å². The Balaban J connectivity index is 1.60. The van der Waals surface area contributed by atoms with Gasteiger partial charge in [-0.05, 0) is 30.5 Å². The molecule has 0 saturated heterocycles. The number of fused-ring (bicyclic) bond motifs is 1. The monoisotopic (exact) mass is 388 g/mol. The van der Waals surface area contributed by atoms with Crippen molar-refractivity contribution in [2.75, 3.05) is 12.4 Å². The van der Waals surface area contributed by atoms with Crippen LogP contribution in [-0.2, 0) is 10.3 Å². The number of amides is 2. The van der Waals surface area contributed by atoms with Gasteiger partial charge < -0.3 is 11.1 Å². The third-order valence-electron chi connectivity index (χ3n) is 5.01. The van der Waals surface area contributed by atoms with E-state index in [1.807, 2.05) is 24.3 Å². The largest absolute Gasteiger partial charge is 0.369 e. The number of anilines is 1. The topological polar surface area (TPSA) is 114 Å². The quantitative estimate of drug-likeness (QED) is 0.714. The van der Waals surface area contributed by atoms with Gasteiger partial charge in [-0.1, -0.05) is 24.3 Å². The third kappa shape index (κ3) is 3.52. The van der Waals surface area contributed by atoms with Gasteiger partial charge in [0.05, 0.1) is 12.1 Å². The van der Waals surface area contributed by atoms with Crippen molar-refractivity contribution in [1.82, 2.24) is 14.9 Å². The highest BCUT2D eigenvalue weighted by atomic mass is 16.2. The average molecular weight is 388 g/mol. The van der Waals surface area contributed by atoms with Crippen molar-refractivity contribution in [2.45, 2.75) is 18.9 Å². The summed E-state index contributed by atoms with van der Waals surface area (Å²) in [6, 6.07) is 12.8. The molecule has 2 amide bonds. The van der Waals surface area contributed by atoms with Crippen LogP contribution in [0.3, 0.4) is 0 Å². The first-order valence-electron chi connectivity index (χ1n) is 9.10. The number of hydrogen-bond donors (Lipinski definition) is 2. The van der Waals surface area contributed by atoms with Crippen molar-refractivity contribution in [3.8, 4) is 0 Å². The Hall–Kier alpha value is -3.81. The van der Waals surface area contributed by atoms with E-state index in [0.717, 1.165) is 10.8 Å². The van der Waals surface area contributed by atoms with E-state index in [2.05, 4.69) is 20.3 Å². The number of benzene rings is 1. The van der Waals surface area contributed by atoms with Crippen LogP contribution in [0.4, 0.5) is 5.69 Å². The molecule has 1 atom stereocenters. The summed E-state index contributed by atoms with van der Waals surface area (Å²) in [6.07, 6.45) is 3.38. The number of rotatable bonds is 3. The molecule has 0 aliphatic carbocycles. The van der Waals surface area contributed by atoms with Crippen molar-refractivity contribution in [3.05, 3.63) is 66.2 Å². The van der Waals surface area contributed by atoms with Gasteiger partial charge in [0.25, 0.3) is 5.91 Å². The maximum Gasteiger partial charge on any atom is 0.274 e. The van der Waals surface area contributed by atoms with Crippen LogP contribution in [0, 0.1) is 0 Å². The first kappa shape index (κ1) is 18.5. The van der Waals surface area contributed by atoms with E-state index >= 15 is 0 Å². The fourth-order valence-corrected chi connectivity index (χ4v) is 3.26. The second-order valence-corrected chi connectivity index (χ2v) is 7.17. The number of nitrogens with zero attached hydrogens (tertiary/aromatic N) is 4. The summed E-state index contributed by atoms with van der Waals surface area (Å²) >= 11 is 0. The minimum Gasteiger partial charge on any atom is -0.369 e. The zero-order chi connectivity index (χ0) is 20.6. The van der Waals surface area contributed by atoms with Gasteiger partial charge in [0, 0.05) is 30.5 Å². The molecule has 3 aromatic rings. The summed E-state index contributed by atoms with van der Waals surface area (Å²) in [5.74, 6) is -0.336. The molecule has 0 spiro atoms. The van der Waals surface area contributed by atoms with Gasteiger partial charge in [-0.25, -0.2) is 4.99 Å². The number of carbonyl (C=O) groups is 2. The van der Waals surface area contributed by atoms with Crippen molar-refractivity contribution >= 4 is 34.2 Å². The van der Waals surface area contributed by atoms with Crippen molar-refractivity contribution < 1.29 is 9.59 Å². The van der Waals surface area contributed by atoms with Crippen molar-refractivity contribution in [1.29, 1.82) is 0 Å². The number of aliphatic imine (C=N–C) groups is 1.